The number of hydrogen-bond acceptors (Lipinski definition) is 5. The molecule has 4 rings (SSSR count). The number of aromatic nitrogens is 2. The Balaban J connectivity index is 1.31. The molecule has 0 spiro atoms. The fraction of sp³-hybridized carbons (Fsp3) is 0.381. The van der Waals surface area contributed by atoms with Crippen LogP contribution >= 0.6 is 0 Å². The summed E-state index contributed by atoms with van der Waals surface area (Å²) in [5.41, 5.74) is 1.51. The third kappa shape index (κ3) is 3.83. The number of hydrogen-bond donors (Lipinski definition) is 2. The van der Waals surface area contributed by atoms with E-state index >= 15 is 0 Å². The first-order valence-electron chi connectivity index (χ1n) is 9.81. The molecule has 1 aromatic heterocycles. The number of benzene rings is 1. The van der Waals surface area contributed by atoms with E-state index in [1.165, 1.54) is 12.4 Å². The first-order chi connectivity index (χ1) is 14.0. The molecule has 2 aromatic rings. The molecule has 29 heavy (non-hydrogen) atoms. The van der Waals surface area contributed by atoms with E-state index in [0.717, 1.165) is 18.4 Å². The van der Waals surface area contributed by atoms with Crippen molar-refractivity contribution in [2.75, 3.05) is 19.6 Å². The van der Waals surface area contributed by atoms with Gasteiger partial charge in [0.25, 0.3) is 17.4 Å². The van der Waals surface area contributed by atoms with Crippen molar-refractivity contribution in [1.29, 1.82) is 0 Å². The molecule has 0 bridgehead atoms. The Labute approximate surface area is 167 Å². The predicted molar refractivity (Wildman–Crippen MR) is 105 cm³/mol. The maximum atomic E-state index is 12.6. The van der Waals surface area contributed by atoms with E-state index in [1.54, 1.807) is 23.1 Å². The fourth-order valence-corrected chi connectivity index (χ4v) is 4.03. The minimum Gasteiger partial charge on any atom is -0.352 e. The van der Waals surface area contributed by atoms with Crippen molar-refractivity contribution in [2.24, 2.45) is 5.92 Å². The van der Waals surface area contributed by atoms with Crippen molar-refractivity contribution in [3.8, 4) is 0 Å². The zero-order chi connectivity index (χ0) is 20.4. The number of ketones is 1. The van der Waals surface area contributed by atoms with E-state index in [0.29, 0.717) is 43.6 Å². The van der Waals surface area contributed by atoms with Crippen molar-refractivity contribution in [3.05, 3.63) is 63.3 Å². The van der Waals surface area contributed by atoms with Crippen LogP contribution in [0.3, 0.4) is 0 Å². The van der Waals surface area contributed by atoms with E-state index in [1.807, 2.05) is 0 Å². The highest BCUT2D eigenvalue weighted by Gasteiger charge is 2.27. The summed E-state index contributed by atoms with van der Waals surface area (Å²) in [7, 11) is 0. The number of likely N-dealkylation sites (tertiary alicyclic amines) is 1. The molecule has 0 unspecified atom stereocenters. The van der Waals surface area contributed by atoms with Gasteiger partial charge in [-0.05, 0) is 36.8 Å². The molecule has 0 atom stereocenters. The molecule has 1 saturated heterocycles. The highest BCUT2D eigenvalue weighted by molar-refractivity contribution is 6.05. The van der Waals surface area contributed by atoms with Crippen LogP contribution in [0.5, 0.6) is 0 Å². The van der Waals surface area contributed by atoms with Crippen LogP contribution in [0.4, 0.5) is 0 Å². The number of nitrogens with zero attached hydrogens (tertiary/aromatic N) is 2. The lowest BCUT2D eigenvalue weighted by atomic mass is 9.96. The minimum atomic E-state index is -0.485. The van der Waals surface area contributed by atoms with Gasteiger partial charge in [-0.15, -0.1) is 0 Å². The molecule has 1 aromatic carbocycles. The van der Waals surface area contributed by atoms with Crippen LogP contribution in [-0.2, 0) is 6.42 Å². The maximum absolute atomic E-state index is 12.6. The number of Topliss-reactive ketones (excluding diaryl/α,β-unsaturated/α-hetero) is 1. The SMILES string of the molecule is O=C1CCc2c1cccc2C(=O)NCC1CCN(C(=O)c2ncc[nH]c2=O)CC1. The van der Waals surface area contributed by atoms with Crippen LogP contribution in [0, 0.1) is 5.92 Å². The second-order valence-corrected chi connectivity index (χ2v) is 7.47. The van der Waals surface area contributed by atoms with Crippen LogP contribution in [-0.4, -0.2) is 52.1 Å². The Morgan fingerprint density at radius 2 is 1.97 bits per heavy atom. The molecule has 1 aliphatic carbocycles. The average Bonchev–Trinajstić information content (AvgIpc) is 3.13. The Bertz CT molecular complexity index is 1020. The quantitative estimate of drug-likeness (QED) is 0.809. The third-order valence-electron chi connectivity index (χ3n) is 5.69. The summed E-state index contributed by atoms with van der Waals surface area (Å²) in [5, 5.41) is 2.98. The topological polar surface area (TPSA) is 112 Å². The number of nitrogens with one attached hydrogen (secondary N) is 2. The lowest BCUT2D eigenvalue weighted by molar-refractivity contribution is 0.0676. The van der Waals surface area contributed by atoms with Crippen LogP contribution in [0.1, 0.15) is 56.0 Å². The molecule has 8 nitrogen and oxygen atoms in total. The van der Waals surface area contributed by atoms with E-state index in [9.17, 15) is 19.2 Å². The average molecular weight is 394 g/mol. The van der Waals surface area contributed by atoms with Crippen molar-refractivity contribution in [2.45, 2.75) is 25.7 Å². The summed E-state index contributed by atoms with van der Waals surface area (Å²) in [6.45, 7) is 1.55. The molecule has 2 aliphatic rings. The van der Waals surface area contributed by atoms with Crippen molar-refractivity contribution in [3.63, 3.8) is 0 Å². The number of piperidine rings is 1. The molecule has 2 heterocycles. The van der Waals surface area contributed by atoms with Gasteiger partial charge in [-0.25, -0.2) is 4.98 Å². The van der Waals surface area contributed by atoms with Crippen LogP contribution < -0.4 is 10.9 Å². The molecule has 0 radical (unpaired) electrons. The summed E-state index contributed by atoms with van der Waals surface area (Å²) in [5.74, 6) is -0.171. The number of carbonyl (C=O) groups excluding carboxylic acids is 3. The summed E-state index contributed by atoms with van der Waals surface area (Å²) in [6, 6.07) is 5.29. The number of amides is 2. The molecule has 1 fully saturated rings. The van der Waals surface area contributed by atoms with Crippen molar-refractivity contribution in [1.82, 2.24) is 20.2 Å². The Hall–Kier alpha value is -3.29. The number of H-pyrrole nitrogens is 1. The largest absolute Gasteiger partial charge is 0.352 e. The summed E-state index contributed by atoms with van der Waals surface area (Å²) in [4.78, 5) is 56.7. The monoisotopic (exact) mass is 394 g/mol. The van der Waals surface area contributed by atoms with Crippen LogP contribution in [0.15, 0.2) is 35.4 Å². The number of aromatic amines is 1. The minimum absolute atomic E-state index is 0.0910. The normalized spacial score (nSPS) is 16.6. The second-order valence-electron chi connectivity index (χ2n) is 7.47. The van der Waals surface area contributed by atoms with Crippen LogP contribution in [0.25, 0.3) is 0 Å². The van der Waals surface area contributed by atoms with Gasteiger partial charge >= 0.3 is 0 Å². The van der Waals surface area contributed by atoms with Gasteiger partial charge in [-0.2, -0.15) is 0 Å². The summed E-state index contributed by atoms with van der Waals surface area (Å²) < 4.78 is 0. The van der Waals surface area contributed by atoms with Gasteiger partial charge in [0.1, 0.15) is 0 Å². The molecule has 1 aliphatic heterocycles. The van der Waals surface area contributed by atoms with Gasteiger partial charge in [0.2, 0.25) is 0 Å². The standard InChI is InChI=1S/C21H22N4O4/c26-17-5-4-14-15(17)2-1-3-16(14)19(27)24-12-13-6-10-25(11-7-13)21(29)18-20(28)23-9-8-22-18/h1-3,8-9,13H,4-7,10-12H2,(H,23,28)(H,24,27). The lowest BCUT2D eigenvalue weighted by Crippen LogP contribution is -2.43. The first-order valence-corrected chi connectivity index (χ1v) is 9.81. The lowest BCUT2D eigenvalue weighted by Gasteiger charge is -2.31. The summed E-state index contributed by atoms with van der Waals surface area (Å²) in [6.07, 6.45) is 5.34. The number of carbonyl (C=O) groups is 3. The first kappa shape index (κ1) is 19.0. The van der Waals surface area contributed by atoms with E-state index < -0.39 is 5.56 Å². The molecule has 2 N–H and O–H groups in total. The van der Waals surface area contributed by atoms with Gasteiger partial charge < -0.3 is 15.2 Å². The van der Waals surface area contributed by atoms with Crippen LogP contribution in [0.2, 0.25) is 0 Å². The number of fused-ring (bicyclic) bond motifs is 1. The second kappa shape index (κ2) is 7.98. The molecule has 2 amide bonds. The van der Waals surface area contributed by atoms with Gasteiger partial charge in [0.15, 0.2) is 11.5 Å². The zero-order valence-corrected chi connectivity index (χ0v) is 15.9. The van der Waals surface area contributed by atoms with Crippen molar-refractivity contribution >= 4 is 17.6 Å². The fourth-order valence-electron chi connectivity index (χ4n) is 4.03. The summed E-state index contributed by atoms with van der Waals surface area (Å²) >= 11 is 0. The molecule has 0 saturated carbocycles. The highest BCUT2D eigenvalue weighted by atomic mass is 16.2. The molecular weight excluding hydrogens is 372 g/mol. The molecule has 150 valence electrons. The van der Waals surface area contributed by atoms with E-state index in [-0.39, 0.29) is 29.2 Å². The maximum Gasteiger partial charge on any atom is 0.279 e. The van der Waals surface area contributed by atoms with Crippen molar-refractivity contribution < 1.29 is 14.4 Å². The van der Waals surface area contributed by atoms with E-state index in [4.69, 9.17) is 0 Å². The Morgan fingerprint density at radius 1 is 1.17 bits per heavy atom. The van der Waals surface area contributed by atoms with Gasteiger partial charge in [-0.3, -0.25) is 19.2 Å². The Kier molecular flexibility index (Phi) is 5.24. The molecule has 8 heteroatoms. The predicted octanol–water partition coefficient (Wildman–Crippen LogP) is 1.18. The molecular formula is C21H22N4O4. The van der Waals surface area contributed by atoms with E-state index in [2.05, 4.69) is 15.3 Å². The van der Waals surface area contributed by atoms with Gasteiger partial charge in [0.05, 0.1) is 0 Å². The van der Waals surface area contributed by atoms with Gasteiger partial charge in [0, 0.05) is 49.6 Å². The zero-order valence-electron chi connectivity index (χ0n) is 15.9. The van der Waals surface area contributed by atoms with Gasteiger partial charge in [-0.1, -0.05) is 12.1 Å². The number of rotatable bonds is 4. The highest BCUT2D eigenvalue weighted by Crippen LogP contribution is 2.25. The smallest absolute Gasteiger partial charge is 0.279 e. The Morgan fingerprint density at radius 3 is 2.72 bits per heavy atom. The third-order valence-corrected chi connectivity index (χ3v) is 5.69.